The third-order valence-corrected chi connectivity index (χ3v) is 6.17. The molecule has 4 rings (SSSR count). The van der Waals surface area contributed by atoms with Crippen molar-refractivity contribution >= 4 is 17.5 Å². The summed E-state index contributed by atoms with van der Waals surface area (Å²) in [5, 5.41) is 0. The maximum Gasteiger partial charge on any atom is 0.410 e. The van der Waals surface area contributed by atoms with Gasteiger partial charge in [0.15, 0.2) is 0 Å². The zero-order chi connectivity index (χ0) is 23.3. The third kappa shape index (κ3) is 6.34. The van der Waals surface area contributed by atoms with Crippen LogP contribution in [0.4, 0.5) is 16.2 Å². The number of hydrogen-bond acceptors (Lipinski definition) is 5. The monoisotopic (exact) mass is 451 g/mol. The Hall–Kier alpha value is -2.89. The number of carbonyl (C=O) groups is 1. The first kappa shape index (κ1) is 23.3. The molecule has 6 nitrogen and oxygen atoms in total. The highest BCUT2D eigenvalue weighted by atomic mass is 16.6. The van der Waals surface area contributed by atoms with Crippen LogP contribution in [-0.2, 0) is 11.3 Å². The van der Waals surface area contributed by atoms with Gasteiger partial charge in [0.05, 0.1) is 5.69 Å². The molecule has 2 aliphatic heterocycles. The number of hydrogen-bond donors (Lipinski definition) is 0. The van der Waals surface area contributed by atoms with Gasteiger partial charge in [0.1, 0.15) is 18.0 Å². The number of amides is 1. The Morgan fingerprint density at radius 2 is 1.55 bits per heavy atom. The first-order valence-electron chi connectivity index (χ1n) is 12.2. The summed E-state index contributed by atoms with van der Waals surface area (Å²) in [6, 6.07) is 16.8. The molecule has 1 amide bonds. The summed E-state index contributed by atoms with van der Waals surface area (Å²) in [4.78, 5) is 19.1. The zero-order valence-electron chi connectivity index (χ0n) is 20.3. The number of piperidine rings is 1. The quantitative estimate of drug-likeness (QED) is 0.616. The largest absolute Gasteiger partial charge is 0.487 e. The van der Waals surface area contributed by atoms with Gasteiger partial charge in [0, 0.05) is 45.0 Å². The molecule has 0 aromatic heterocycles. The summed E-state index contributed by atoms with van der Waals surface area (Å²) in [7, 11) is 0. The van der Waals surface area contributed by atoms with Gasteiger partial charge in [-0.2, -0.15) is 0 Å². The van der Waals surface area contributed by atoms with E-state index >= 15 is 0 Å². The van der Waals surface area contributed by atoms with Gasteiger partial charge < -0.3 is 24.2 Å². The molecule has 0 bridgehead atoms. The number of piperazine rings is 1. The van der Waals surface area contributed by atoms with Crippen molar-refractivity contribution in [2.45, 2.75) is 52.2 Å². The number of ether oxygens (including phenoxy) is 2. The van der Waals surface area contributed by atoms with Crippen LogP contribution in [0.5, 0.6) is 5.75 Å². The molecule has 2 aliphatic rings. The van der Waals surface area contributed by atoms with Crippen molar-refractivity contribution in [3.63, 3.8) is 0 Å². The van der Waals surface area contributed by atoms with E-state index in [1.54, 1.807) is 4.90 Å². The average Bonchev–Trinajstić information content (AvgIpc) is 2.83. The Balaban J connectivity index is 1.49. The third-order valence-electron chi connectivity index (χ3n) is 6.17. The van der Waals surface area contributed by atoms with Crippen molar-refractivity contribution in [2.24, 2.45) is 0 Å². The fourth-order valence-corrected chi connectivity index (χ4v) is 4.42. The van der Waals surface area contributed by atoms with E-state index in [0.29, 0.717) is 19.7 Å². The Bertz CT molecular complexity index is 912. The minimum Gasteiger partial charge on any atom is -0.487 e. The minimum absolute atomic E-state index is 0.232. The van der Waals surface area contributed by atoms with Gasteiger partial charge in [-0.1, -0.05) is 30.3 Å². The Morgan fingerprint density at radius 1 is 0.848 bits per heavy atom. The average molecular weight is 452 g/mol. The SMILES string of the molecule is CC(C)(C)OC(=O)N1CCN(c2cc(N3CCCCC3)ccc2OCc2ccccc2)CC1. The van der Waals surface area contributed by atoms with Crippen molar-refractivity contribution in [1.29, 1.82) is 0 Å². The van der Waals surface area contributed by atoms with Crippen LogP contribution in [0.15, 0.2) is 48.5 Å². The lowest BCUT2D eigenvalue weighted by Crippen LogP contribution is -2.50. The molecule has 0 N–H and O–H groups in total. The lowest BCUT2D eigenvalue weighted by Gasteiger charge is -2.38. The van der Waals surface area contributed by atoms with Crippen LogP contribution in [0.2, 0.25) is 0 Å². The van der Waals surface area contributed by atoms with E-state index in [4.69, 9.17) is 9.47 Å². The zero-order valence-corrected chi connectivity index (χ0v) is 20.3. The highest BCUT2D eigenvalue weighted by Gasteiger charge is 2.27. The second kappa shape index (κ2) is 10.4. The van der Waals surface area contributed by atoms with E-state index in [-0.39, 0.29) is 6.09 Å². The van der Waals surface area contributed by atoms with Crippen LogP contribution in [0.1, 0.15) is 45.6 Å². The molecule has 6 heteroatoms. The second-order valence-corrected chi connectivity index (χ2v) is 9.93. The number of anilines is 2. The van der Waals surface area contributed by atoms with E-state index in [9.17, 15) is 4.79 Å². The van der Waals surface area contributed by atoms with Crippen LogP contribution >= 0.6 is 0 Å². The summed E-state index contributed by atoms with van der Waals surface area (Å²) in [5.41, 5.74) is 3.04. The minimum atomic E-state index is -0.477. The van der Waals surface area contributed by atoms with Crippen LogP contribution < -0.4 is 14.5 Å². The van der Waals surface area contributed by atoms with Crippen molar-refractivity contribution in [3.05, 3.63) is 54.1 Å². The molecule has 178 valence electrons. The lowest BCUT2D eigenvalue weighted by molar-refractivity contribution is 0.0240. The number of rotatable bonds is 5. The van der Waals surface area contributed by atoms with Gasteiger partial charge in [0.25, 0.3) is 0 Å². The first-order valence-corrected chi connectivity index (χ1v) is 12.2. The second-order valence-electron chi connectivity index (χ2n) is 9.93. The van der Waals surface area contributed by atoms with Crippen LogP contribution in [0.3, 0.4) is 0 Å². The molecule has 0 atom stereocenters. The fraction of sp³-hybridized carbons (Fsp3) is 0.519. The van der Waals surface area contributed by atoms with Crippen LogP contribution in [0.25, 0.3) is 0 Å². The van der Waals surface area contributed by atoms with E-state index in [1.807, 2.05) is 39.0 Å². The van der Waals surface area contributed by atoms with E-state index in [0.717, 1.165) is 43.2 Å². The van der Waals surface area contributed by atoms with Crippen molar-refractivity contribution < 1.29 is 14.3 Å². The maximum absolute atomic E-state index is 12.5. The Labute approximate surface area is 198 Å². The summed E-state index contributed by atoms with van der Waals surface area (Å²) in [5.74, 6) is 0.894. The molecule has 2 aromatic rings. The summed E-state index contributed by atoms with van der Waals surface area (Å²) >= 11 is 0. The van der Waals surface area contributed by atoms with Gasteiger partial charge >= 0.3 is 6.09 Å². The summed E-state index contributed by atoms with van der Waals surface area (Å²) in [6.45, 7) is 11.3. The van der Waals surface area contributed by atoms with Gasteiger partial charge in [-0.25, -0.2) is 4.79 Å². The van der Waals surface area contributed by atoms with Crippen molar-refractivity contribution in [3.8, 4) is 5.75 Å². The van der Waals surface area contributed by atoms with Gasteiger partial charge in [-0.05, 0) is 63.8 Å². The summed E-state index contributed by atoms with van der Waals surface area (Å²) in [6.07, 6.45) is 3.57. The molecule has 0 aliphatic carbocycles. The fourth-order valence-electron chi connectivity index (χ4n) is 4.42. The molecule has 2 fully saturated rings. The highest BCUT2D eigenvalue weighted by Crippen LogP contribution is 2.35. The van der Waals surface area contributed by atoms with E-state index < -0.39 is 5.60 Å². The predicted molar refractivity (Wildman–Crippen MR) is 133 cm³/mol. The molecule has 0 spiro atoms. The number of nitrogens with zero attached hydrogens (tertiary/aromatic N) is 3. The van der Waals surface area contributed by atoms with Crippen LogP contribution in [0, 0.1) is 0 Å². The Morgan fingerprint density at radius 3 is 2.21 bits per heavy atom. The number of benzene rings is 2. The number of carbonyl (C=O) groups excluding carboxylic acids is 1. The molecule has 0 radical (unpaired) electrons. The summed E-state index contributed by atoms with van der Waals surface area (Å²) < 4.78 is 11.9. The topological polar surface area (TPSA) is 45.2 Å². The van der Waals surface area contributed by atoms with Crippen LogP contribution in [-0.4, -0.2) is 55.9 Å². The molecule has 2 saturated heterocycles. The molecule has 0 saturated carbocycles. The molecule has 2 heterocycles. The molecular weight excluding hydrogens is 414 g/mol. The Kier molecular flexibility index (Phi) is 7.31. The van der Waals surface area contributed by atoms with E-state index in [1.165, 1.54) is 24.9 Å². The predicted octanol–water partition coefficient (Wildman–Crippen LogP) is 5.31. The highest BCUT2D eigenvalue weighted by molar-refractivity contribution is 5.70. The van der Waals surface area contributed by atoms with Crippen molar-refractivity contribution in [2.75, 3.05) is 49.1 Å². The van der Waals surface area contributed by atoms with Crippen molar-refractivity contribution in [1.82, 2.24) is 4.90 Å². The maximum atomic E-state index is 12.5. The lowest BCUT2D eigenvalue weighted by atomic mass is 10.1. The molecule has 2 aromatic carbocycles. The molecule has 0 unspecified atom stereocenters. The smallest absolute Gasteiger partial charge is 0.410 e. The van der Waals surface area contributed by atoms with E-state index in [2.05, 4.69) is 40.1 Å². The van der Waals surface area contributed by atoms with Gasteiger partial charge in [0.2, 0.25) is 0 Å². The molecule has 33 heavy (non-hydrogen) atoms. The van der Waals surface area contributed by atoms with Gasteiger partial charge in [-0.3, -0.25) is 0 Å². The molecular formula is C27H37N3O3. The first-order chi connectivity index (χ1) is 15.9. The van der Waals surface area contributed by atoms with Gasteiger partial charge in [-0.15, -0.1) is 0 Å². The standard InChI is InChI=1S/C27H37N3O3/c1-27(2,3)33-26(31)30-18-16-29(17-19-30)24-20-23(28-14-8-5-9-15-28)12-13-25(24)32-21-22-10-6-4-7-11-22/h4,6-7,10-13,20H,5,8-9,14-19,21H2,1-3H3. The normalized spacial score (nSPS) is 17.1.